The largest absolute Gasteiger partial charge is 0.248 e. The molecule has 0 bridgehead atoms. The van der Waals surface area contributed by atoms with Gasteiger partial charge in [-0.15, -0.1) is 0 Å². The highest BCUT2D eigenvalue weighted by molar-refractivity contribution is 8.02. The molecule has 0 N–H and O–H groups in total. The normalized spacial score (nSPS) is 11.9. The minimum atomic E-state index is -0.249. The monoisotopic (exact) mass is 361 g/mol. The highest BCUT2D eigenvalue weighted by atomic mass is 32.2. The summed E-state index contributed by atoms with van der Waals surface area (Å²) in [7, 11) is 0. The molecule has 0 aliphatic heterocycles. The van der Waals surface area contributed by atoms with Crippen LogP contribution >= 0.6 is 11.8 Å². The Morgan fingerprint density at radius 3 is 2.00 bits per heavy atom. The number of benzene rings is 3. The first-order valence-corrected chi connectivity index (χ1v) is 9.29. The summed E-state index contributed by atoms with van der Waals surface area (Å²) in [6.07, 6.45) is 1.97. The summed E-state index contributed by atoms with van der Waals surface area (Å²) < 4.78 is 13.3. The van der Waals surface area contributed by atoms with Gasteiger partial charge in [0.05, 0.1) is 11.4 Å². The second-order valence-corrected chi connectivity index (χ2v) is 7.05. The van der Waals surface area contributed by atoms with Crippen molar-refractivity contribution < 1.29 is 4.39 Å². The van der Waals surface area contributed by atoms with Crippen LogP contribution in [0.1, 0.15) is 16.7 Å². The number of allylic oxidation sites excluding steroid dienone is 1. The molecule has 0 aliphatic rings. The molecule has 3 aromatic rings. The number of hydrogen-bond acceptors (Lipinski definition) is 2. The van der Waals surface area contributed by atoms with Gasteiger partial charge in [-0.1, -0.05) is 47.2 Å². The predicted octanol–water partition coefficient (Wildman–Crippen LogP) is 6.87. The molecule has 0 atom stereocenters. The van der Waals surface area contributed by atoms with E-state index in [1.807, 2.05) is 42.7 Å². The summed E-state index contributed by atoms with van der Waals surface area (Å²) in [5.74, 6) is -0.249. The fourth-order valence-electron chi connectivity index (χ4n) is 2.37. The molecule has 1 nitrogen and oxygen atoms in total. The zero-order valence-electron chi connectivity index (χ0n) is 14.8. The van der Waals surface area contributed by atoms with Gasteiger partial charge in [-0.2, -0.15) is 0 Å². The maximum absolute atomic E-state index is 13.3. The van der Waals surface area contributed by atoms with E-state index in [2.05, 4.69) is 31.2 Å². The lowest BCUT2D eigenvalue weighted by Gasteiger charge is -2.04. The van der Waals surface area contributed by atoms with Gasteiger partial charge < -0.3 is 0 Å². The Balaban J connectivity index is 1.87. The fourth-order valence-corrected chi connectivity index (χ4v) is 3.02. The van der Waals surface area contributed by atoms with E-state index in [9.17, 15) is 4.39 Å². The van der Waals surface area contributed by atoms with E-state index in [4.69, 9.17) is 4.99 Å². The number of aryl methyl sites for hydroxylation is 2. The number of hydrogen-bond donors (Lipinski definition) is 0. The molecule has 3 heteroatoms. The molecule has 0 fully saturated rings. The Morgan fingerprint density at radius 1 is 0.808 bits per heavy atom. The predicted molar refractivity (Wildman–Crippen MR) is 110 cm³/mol. The van der Waals surface area contributed by atoms with Crippen LogP contribution in [0, 0.1) is 19.7 Å². The van der Waals surface area contributed by atoms with E-state index in [0.717, 1.165) is 17.0 Å². The zero-order chi connectivity index (χ0) is 18.4. The van der Waals surface area contributed by atoms with Crippen LogP contribution in [0.4, 0.5) is 10.1 Å². The van der Waals surface area contributed by atoms with Crippen molar-refractivity contribution in [1.82, 2.24) is 0 Å². The SMILES string of the molecule is Cc1ccc(N=C(C=CSc2ccc(C)cc2)c2ccc(F)cc2)cc1. The molecule has 26 heavy (non-hydrogen) atoms. The molecular formula is C23H20FNS. The van der Waals surface area contributed by atoms with Gasteiger partial charge in [0.15, 0.2) is 0 Å². The third-order valence-electron chi connectivity index (χ3n) is 3.87. The third-order valence-corrected chi connectivity index (χ3v) is 4.69. The van der Waals surface area contributed by atoms with E-state index < -0.39 is 0 Å². The number of aliphatic imine (C=N–C) groups is 1. The van der Waals surface area contributed by atoms with Crippen LogP contribution in [-0.4, -0.2) is 5.71 Å². The van der Waals surface area contributed by atoms with Crippen molar-refractivity contribution in [2.45, 2.75) is 18.7 Å². The highest BCUT2D eigenvalue weighted by Crippen LogP contribution is 2.21. The number of halogens is 1. The van der Waals surface area contributed by atoms with E-state index in [-0.39, 0.29) is 5.82 Å². The zero-order valence-corrected chi connectivity index (χ0v) is 15.6. The summed E-state index contributed by atoms with van der Waals surface area (Å²) in [6, 6.07) is 22.8. The standard InChI is InChI=1S/C23H20FNS/c1-17-3-11-21(12-4-17)25-23(19-7-9-20(24)10-8-19)15-16-26-22-13-5-18(2)6-14-22/h3-16H,1-2H3. The van der Waals surface area contributed by atoms with Crippen LogP contribution < -0.4 is 0 Å². The topological polar surface area (TPSA) is 12.4 Å². The van der Waals surface area contributed by atoms with Gasteiger partial charge in [0.1, 0.15) is 5.82 Å². The maximum Gasteiger partial charge on any atom is 0.123 e. The van der Waals surface area contributed by atoms with Crippen molar-refractivity contribution in [3.05, 3.63) is 107 Å². The van der Waals surface area contributed by atoms with E-state index in [1.54, 1.807) is 23.9 Å². The average Bonchev–Trinajstić information content (AvgIpc) is 2.65. The maximum atomic E-state index is 13.3. The molecule has 130 valence electrons. The molecule has 3 aromatic carbocycles. The minimum absolute atomic E-state index is 0.249. The van der Waals surface area contributed by atoms with Crippen LogP contribution in [0.15, 0.2) is 94.2 Å². The van der Waals surface area contributed by atoms with Gasteiger partial charge in [-0.3, -0.25) is 0 Å². The Labute approximate surface area is 158 Å². The van der Waals surface area contributed by atoms with Crippen LogP contribution in [0.3, 0.4) is 0 Å². The highest BCUT2D eigenvalue weighted by Gasteiger charge is 2.02. The van der Waals surface area contributed by atoms with Crippen LogP contribution in [0.5, 0.6) is 0 Å². The molecule has 3 rings (SSSR count). The summed E-state index contributed by atoms with van der Waals surface area (Å²) >= 11 is 1.63. The van der Waals surface area contributed by atoms with Crippen LogP contribution in [0.2, 0.25) is 0 Å². The smallest absolute Gasteiger partial charge is 0.123 e. The van der Waals surface area contributed by atoms with Crippen LogP contribution in [0.25, 0.3) is 0 Å². The molecule has 0 unspecified atom stereocenters. The molecule has 0 radical (unpaired) electrons. The lowest BCUT2D eigenvalue weighted by atomic mass is 10.1. The molecule has 0 amide bonds. The number of thioether (sulfide) groups is 1. The van der Waals surface area contributed by atoms with Gasteiger partial charge in [0, 0.05) is 10.5 Å². The molecule has 0 aromatic heterocycles. The molecule has 0 aliphatic carbocycles. The third kappa shape index (κ3) is 5.17. The Morgan fingerprint density at radius 2 is 1.38 bits per heavy atom. The van der Waals surface area contributed by atoms with E-state index in [1.165, 1.54) is 28.2 Å². The minimum Gasteiger partial charge on any atom is -0.248 e. The Bertz CT molecular complexity index is 908. The lowest BCUT2D eigenvalue weighted by Crippen LogP contribution is -1.96. The fraction of sp³-hybridized carbons (Fsp3) is 0.0870. The molecular weight excluding hydrogens is 341 g/mol. The number of nitrogens with zero attached hydrogens (tertiary/aromatic N) is 1. The van der Waals surface area contributed by atoms with Crippen molar-refractivity contribution in [2.24, 2.45) is 4.99 Å². The molecule has 0 saturated carbocycles. The van der Waals surface area contributed by atoms with Crippen LogP contribution in [-0.2, 0) is 0 Å². The second-order valence-electron chi connectivity index (χ2n) is 6.07. The van der Waals surface area contributed by atoms with E-state index >= 15 is 0 Å². The quantitative estimate of drug-likeness (QED) is 0.357. The van der Waals surface area contributed by atoms with Crippen molar-refractivity contribution in [2.75, 3.05) is 0 Å². The number of rotatable bonds is 5. The van der Waals surface area contributed by atoms with Gasteiger partial charge in [0.25, 0.3) is 0 Å². The first-order chi connectivity index (χ1) is 12.6. The summed E-state index contributed by atoms with van der Waals surface area (Å²) in [5.41, 5.74) is 4.99. The Kier molecular flexibility index (Phi) is 6.03. The summed E-state index contributed by atoms with van der Waals surface area (Å²) in [6.45, 7) is 4.12. The first kappa shape index (κ1) is 18.2. The average molecular weight is 361 g/mol. The van der Waals surface area contributed by atoms with Crippen molar-refractivity contribution in [1.29, 1.82) is 0 Å². The summed E-state index contributed by atoms with van der Waals surface area (Å²) in [4.78, 5) is 5.91. The van der Waals surface area contributed by atoms with Crippen molar-refractivity contribution in [3.63, 3.8) is 0 Å². The lowest BCUT2D eigenvalue weighted by molar-refractivity contribution is 0.628. The van der Waals surface area contributed by atoms with E-state index in [0.29, 0.717) is 0 Å². The van der Waals surface area contributed by atoms with Gasteiger partial charge in [-0.25, -0.2) is 9.38 Å². The summed E-state index contributed by atoms with van der Waals surface area (Å²) in [5, 5.41) is 2.01. The Hall–Kier alpha value is -2.65. The van der Waals surface area contributed by atoms with Gasteiger partial charge >= 0.3 is 0 Å². The van der Waals surface area contributed by atoms with Crippen molar-refractivity contribution in [3.8, 4) is 0 Å². The first-order valence-electron chi connectivity index (χ1n) is 8.41. The van der Waals surface area contributed by atoms with Gasteiger partial charge in [0.2, 0.25) is 0 Å². The second kappa shape index (κ2) is 8.63. The molecule has 0 spiro atoms. The molecule has 0 saturated heterocycles. The van der Waals surface area contributed by atoms with Crippen molar-refractivity contribution >= 4 is 23.2 Å². The molecule has 0 heterocycles. The van der Waals surface area contributed by atoms with Gasteiger partial charge in [-0.05, 0) is 73.9 Å².